The van der Waals surface area contributed by atoms with Crippen molar-refractivity contribution >= 4 is 46.5 Å². The molecule has 0 fully saturated rings. The lowest BCUT2D eigenvalue weighted by atomic mass is 10.4. The number of nitrogens with one attached hydrogen (secondary N) is 2. The molecule has 3 aromatic heterocycles. The first-order valence-corrected chi connectivity index (χ1v) is 7.61. The number of nitrogens with zero attached hydrogens (tertiary/aromatic N) is 2. The Morgan fingerprint density at radius 1 is 1.17 bits per heavy atom. The van der Waals surface area contributed by atoms with Gasteiger partial charge in [-0.25, -0.2) is 4.98 Å². The Kier molecular flexibility index (Phi) is 4.35. The summed E-state index contributed by atoms with van der Waals surface area (Å²) < 4.78 is 5.08. The average molecular weight is 349 g/mol. The fourth-order valence-corrected chi connectivity index (χ4v) is 2.38. The fourth-order valence-electron chi connectivity index (χ4n) is 1.65. The Hall–Kier alpha value is -2.71. The molecule has 0 bridgehead atoms. The minimum Gasteiger partial charge on any atom is -0.431 e. The van der Waals surface area contributed by atoms with Crippen LogP contribution in [0, 0.1) is 0 Å². The van der Waals surface area contributed by atoms with Crippen LogP contribution >= 0.6 is 22.9 Å². The highest BCUT2D eigenvalue weighted by molar-refractivity contribution is 7.12. The van der Waals surface area contributed by atoms with Gasteiger partial charge in [0.05, 0.1) is 16.8 Å². The van der Waals surface area contributed by atoms with Gasteiger partial charge in [-0.1, -0.05) is 17.7 Å². The van der Waals surface area contributed by atoms with Crippen molar-refractivity contribution in [2.75, 3.05) is 10.6 Å². The van der Waals surface area contributed by atoms with E-state index < -0.39 is 5.91 Å². The summed E-state index contributed by atoms with van der Waals surface area (Å²) in [6.07, 6.45) is 2.57. The predicted octanol–water partition coefficient (Wildman–Crippen LogP) is 3.29. The molecule has 3 heterocycles. The molecule has 9 heteroatoms. The number of pyridine rings is 1. The molecule has 2 amide bonds. The van der Waals surface area contributed by atoms with Crippen LogP contribution in [-0.2, 0) is 0 Å². The van der Waals surface area contributed by atoms with Crippen molar-refractivity contribution in [3.8, 4) is 0 Å². The molecule has 0 atom stereocenters. The Labute approximate surface area is 139 Å². The third kappa shape index (κ3) is 3.74. The minimum absolute atomic E-state index is 0.0291. The second-order valence-electron chi connectivity index (χ2n) is 4.29. The van der Waals surface area contributed by atoms with E-state index in [1.54, 1.807) is 29.6 Å². The lowest BCUT2D eigenvalue weighted by Gasteiger charge is -2.01. The molecule has 3 rings (SSSR count). The van der Waals surface area contributed by atoms with Crippen LogP contribution in [0.3, 0.4) is 0 Å². The predicted molar refractivity (Wildman–Crippen MR) is 86.0 cm³/mol. The molecule has 0 radical (unpaired) electrons. The molecule has 2 N–H and O–H groups in total. The van der Waals surface area contributed by atoms with Crippen molar-refractivity contribution in [2.45, 2.75) is 0 Å². The van der Waals surface area contributed by atoms with Crippen molar-refractivity contribution in [1.82, 2.24) is 9.97 Å². The van der Waals surface area contributed by atoms with Crippen LogP contribution in [-0.4, -0.2) is 21.8 Å². The molecule has 0 aliphatic heterocycles. The monoisotopic (exact) mass is 348 g/mol. The number of rotatable bonds is 4. The summed E-state index contributed by atoms with van der Waals surface area (Å²) in [6.45, 7) is 0. The topological polar surface area (TPSA) is 97.1 Å². The van der Waals surface area contributed by atoms with E-state index in [0.29, 0.717) is 15.7 Å². The number of hydrogen-bond donors (Lipinski definition) is 2. The third-order valence-electron chi connectivity index (χ3n) is 2.69. The maximum Gasteiger partial charge on any atom is 0.302 e. The van der Waals surface area contributed by atoms with Crippen LogP contribution in [0.5, 0.6) is 0 Å². The molecule has 0 saturated heterocycles. The van der Waals surface area contributed by atoms with Gasteiger partial charge in [-0.15, -0.1) is 11.3 Å². The Morgan fingerprint density at radius 3 is 2.74 bits per heavy atom. The normalized spacial score (nSPS) is 10.3. The van der Waals surface area contributed by atoms with E-state index in [-0.39, 0.29) is 17.6 Å². The van der Waals surface area contributed by atoms with Crippen LogP contribution in [0.4, 0.5) is 11.7 Å². The maximum absolute atomic E-state index is 12.0. The number of halogens is 1. The Balaban J connectivity index is 1.65. The van der Waals surface area contributed by atoms with E-state index in [0.717, 1.165) is 6.26 Å². The summed E-state index contributed by atoms with van der Waals surface area (Å²) in [7, 11) is 0. The van der Waals surface area contributed by atoms with E-state index in [1.807, 2.05) is 0 Å². The van der Waals surface area contributed by atoms with Gasteiger partial charge in [0.15, 0.2) is 5.69 Å². The number of hydrogen-bond acceptors (Lipinski definition) is 6. The number of anilines is 2. The van der Waals surface area contributed by atoms with Gasteiger partial charge in [0, 0.05) is 0 Å². The quantitative estimate of drug-likeness (QED) is 0.705. The van der Waals surface area contributed by atoms with Gasteiger partial charge < -0.3 is 9.73 Å². The van der Waals surface area contributed by atoms with Crippen molar-refractivity contribution < 1.29 is 14.0 Å². The second-order valence-corrected chi connectivity index (χ2v) is 5.63. The van der Waals surface area contributed by atoms with Crippen LogP contribution < -0.4 is 10.6 Å². The van der Waals surface area contributed by atoms with Gasteiger partial charge in [-0.2, -0.15) is 4.98 Å². The molecule has 3 aromatic rings. The van der Waals surface area contributed by atoms with E-state index in [4.69, 9.17) is 16.0 Å². The zero-order valence-electron chi connectivity index (χ0n) is 11.4. The first kappa shape index (κ1) is 15.2. The summed E-state index contributed by atoms with van der Waals surface area (Å²) in [4.78, 5) is 32.2. The van der Waals surface area contributed by atoms with Crippen molar-refractivity contribution in [3.63, 3.8) is 0 Å². The summed E-state index contributed by atoms with van der Waals surface area (Å²) in [5.74, 6) is -0.842. The first-order valence-electron chi connectivity index (χ1n) is 6.35. The first-order chi connectivity index (χ1) is 11.1. The summed E-state index contributed by atoms with van der Waals surface area (Å²) in [5, 5.41) is 7.16. The smallest absolute Gasteiger partial charge is 0.302 e. The number of carbonyl (C=O) groups is 2. The molecule has 0 aromatic carbocycles. The average Bonchev–Trinajstić information content (AvgIpc) is 3.20. The molecule has 116 valence electrons. The van der Waals surface area contributed by atoms with Crippen LogP contribution in [0.1, 0.15) is 20.2 Å². The van der Waals surface area contributed by atoms with E-state index in [9.17, 15) is 9.59 Å². The molecule has 0 aliphatic carbocycles. The second kappa shape index (κ2) is 6.59. The Bertz CT molecular complexity index is 830. The molecule has 0 spiro atoms. The molecule has 0 unspecified atom stereocenters. The number of amides is 2. The van der Waals surface area contributed by atoms with Crippen LogP contribution in [0.15, 0.2) is 46.5 Å². The van der Waals surface area contributed by atoms with Gasteiger partial charge in [-0.05, 0) is 23.6 Å². The SMILES string of the molecule is O=C(Nc1ccc(Cl)nc1)c1coc(NC(=O)c2cccs2)n1. The van der Waals surface area contributed by atoms with E-state index in [2.05, 4.69) is 20.6 Å². The van der Waals surface area contributed by atoms with Crippen molar-refractivity contribution in [3.05, 3.63) is 57.8 Å². The maximum atomic E-state index is 12.0. The highest BCUT2D eigenvalue weighted by Crippen LogP contribution is 2.15. The van der Waals surface area contributed by atoms with Gasteiger partial charge in [0.1, 0.15) is 11.4 Å². The Morgan fingerprint density at radius 2 is 2.04 bits per heavy atom. The largest absolute Gasteiger partial charge is 0.431 e. The van der Waals surface area contributed by atoms with E-state index >= 15 is 0 Å². The zero-order valence-corrected chi connectivity index (χ0v) is 13.0. The molecular formula is C14H9ClN4O3S. The highest BCUT2D eigenvalue weighted by Gasteiger charge is 2.15. The van der Waals surface area contributed by atoms with E-state index in [1.165, 1.54) is 17.5 Å². The number of oxazole rings is 1. The summed E-state index contributed by atoms with van der Waals surface area (Å²) >= 11 is 6.96. The van der Waals surface area contributed by atoms with Crippen molar-refractivity contribution in [2.24, 2.45) is 0 Å². The number of thiophene rings is 1. The molecule has 23 heavy (non-hydrogen) atoms. The lowest BCUT2D eigenvalue weighted by molar-refractivity contribution is 0.101. The standard InChI is InChI=1S/C14H9ClN4O3S/c15-11-4-3-8(6-16-11)17-12(20)9-7-22-14(18-9)19-13(21)10-2-1-5-23-10/h1-7H,(H,17,20)(H,18,19,21). The summed E-state index contributed by atoms with van der Waals surface area (Å²) in [6, 6.07) is 6.53. The van der Waals surface area contributed by atoms with Crippen LogP contribution in [0.25, 0.3) is 0 Å². The molecular weight excluding hydrogens is 340 g/mol. The molecule has 0 saturated carbocycles. The van der Waals surface area contributed by atoms with Gasteiger partial charge in [-0.3, -0.25) is 14.9 Å². The van der Waals surface area contributed by atoms with Gasteiger partial charge in [0.2, 0.25) is 0 Å². The lowest BCUT2D eigenvalue weighted by Crippen LogP contribution is -2.14. The number of aromatic nitrogens is 2. The van der Waals surface area contributed by atoms with Crippen LogP contribution in [0.2, 0.25) is 5.15 Å². The molecule has 7 nitrogen and oxygen atoms in total. The van der Waals surface area contributed by atoms with Gasteiger partial charge in [0.25, 0.3) is 11.8 Å². The zero-order chi connectivity index (χ0) is 16.2. The summed E-state index contributed by atoms with van der Waals surface area (Å²) in [5.41, 5.74) is 0.494. The van der Waals surface area contributed by atoms with Crippen molar-refractivity contribution in [1.29, 1.82) is 0 Å². The fraction of sp³-hybridized carbons (Fsp3) is 0. The number of carbonyl (C=O) groups excluding carboxylic acids is 2. The van der Waals surface area contributed by atoms with Gasteiger partial charge >= 0.3 is 6.01 Å². The molecule has 0 aliphatic rings. The highest BCUT2D eigenvalue weighted by atomic mass is 35.5. The third-order valence-corrected chi connectivity index (χ3v) is 3.78. The minimum atomic E-state index is -0.491.